The molecule has 2 heteroatoms. The van der Waals surface area contributed by atoms with E-state index in [0.717, 1.165) is 12.3 Å². The van der Waals surface area contributed by atoms with E-state index >= 15 is 0 Å². The van der Waals surface area contributed by atoms with E-state index in [9.17, 15) is 4.79 Å². The van der Waals surface area contributed by atoms with Gasteiger partial charge in [0.1, 0.15) is 6.61 Å². The zero-order valence-electron chi connectivity index (χ0n) is 10.5. The molecule has 0 aliphatic heterocycles. The minimum Gasteiger partial charge on any atom is -0.370 e. The average Bonchev–Trinajstić information content (AvgIpc) is 2.14. The molecule has 0 amide bonds. The SMILES string of the molecule is CC(=O)COC1CC(C)CCC1C(C)C. The Morgan fingerprint density at radius 2 is 2.07 bits per heavy atom. The number of hydrogen-bond donors (Lipinski definition) is 0. The van der Waals surface area contributed by atoms with Crippen LogP contribution in [0.1, 0.15) is 47.0 Å². The average molecular weight is 212 g/mol. The van der Waals surface area contributed by atoms with Crippen LogP contribution in [0.2, 0.25) is 0 Å². The lowest BCUT2D eigenvalue weighted by Crippen LogP contribution is -2.35. The molecule has 1 fully saturated rings. The van der Waals surface area contributed by atoms with E-state index < -0.39 is 0 Å². The summed E-state index contributed by atoms with van der Waals surface area (Å²) in [5.41, 5.74) is 0. The van der Waals surface area contributed by atoms with Gasteiger partial charge in [-0.15, -0.1) is 0 Å². The number of rotatable bonds is 4. The van der Waals surface area contributed by atoms with Crippen LogP contribution in [0.5, 0.6) is 0 Å². The molecule has 0 saturated heterocycles. The van der Waals surface area contributed by atoms with Crippen molar-refractivity contribution >= 4 is 5.78 Å². The highest BCUT2D eigenvalue weighted by molar-refractivity contribution is 5.76. The third-order valence-electron chi connectivity index (χ3n) is 3.46. The van der Waals surface area contributed by atoms with Gasteiger partial charge in [-0.2, -0.15) is 0 Å². The molecular weight excluding hydrogens is 188 g/mol. The van der Waals surface area contributed by atoms with Crippen molar-refractivity contribution < 1.29 is 9.53 Å². The van der Waals surface area contributed by atoms with Gasteiger partial charge in [-0.05, 0) is 37.5 Å². The van der Waals surface area contributed by atoms with E-state index in [-0.39, 0.29) is 5.78 Å². The van der Waals surface area contributed by atoms with Crippen molar-refractivity contribution in [1.82, 2.24) is 0 Å². The quantitative estimate of drug-likeness (QED) is 0.716. The molecule has 3 atom stereocenters. The van der Waals surface area contributed by atoms with Gasteiger partial charge in [-0.1, -0.05) is 27.2 Å². The standard InChI is InChI=1S/C13H24O2/c1-9(2)12-6-5-10(3)7-13(12)15-8-11(4)14/h9-10,12-13H,5-8H2,1-4H3. The van der Waals surface area contributed by atoms with Crippen molar-refractivity contribution in [3.63, 3.8) is 0 Å². The molecule has 88 valence electrons. The van der Waals surface area contributed by atoms with E-state index in [2.05, 4.69) is 20.8 Å². The van der Waals surface area contributed by atoms with Gasteiger partial charge in [0, 0.05) is 0 Å². The van der Waals surface area contributed by atoms with Crippen LogP contribution in [0, 0.1) is 17.8 Å². The van der Waals surface area contributed by atoms with Crippen LogP contribution in [-0.2, 0) is 9.53 Å². The summed E-state index contributed by atoms with van der Waals surface area (Å²) in [7, 11) is 0. The number of ether oxygens (including phenoxy) is 1. The van der Waals surface area contributed by atoms with Crippen LogP contribution in [0.25, 0.3) is 0 Å². The van der Waals surface area contributed by atoms with Crippen LogP contribution in [0.15, 0.2) is 0 Å². The van der Waals surface area contributed by atoms with Crippen molar-refractivity contribution in [1.29, 1.82) is 0 Å². The van der Waals surface area contributed by atoms with Gasteiger partial charge < -0.3 is 4.74 Å². The Bertz CT molecular complexity index is 211. The maximum absolute atomic E-state index is 10.9. The summed E-state index contributed by atoms with van der Waals surface area (Å²) in [5.74, 6) is 2.18. The Hall–Kier alpha value is -0.370. The van der Waals surface area contributed by atoms with E-state index in [1.807, 2.05) is 0 Å². The van der Waals surface area contributed by atoms with Gasteiger partial charge in [-0.25, -0.2) is 0 Å². The zero-order valence-corrected chi connectivity index (χ0v) is 10.5. The summed E-state index contributed by atoms with van der Waals surface area (Å²) in [6, 6.07) is 0. The maximum atomic E-state index is 10.9. The molecule has 0 bridgehead atoms. The summed E-state index contributed by atoms with van der Waals surface area (Å²) in [6.07, 6.45) is 3.98. The molecule has 0 spiro atoms. The van der Waals surface area contributed by atoms with Crippen LogP contribution in [0.4, 0.5) is 0 Å². The molecule has 1 aliphatic rings. The van der Waals surface area contributed by atoms with Gasteiger partial charge in [0.15, 0.2) is 5.78 Å². The Kier molecular flexibility index (Phi) is 4.78. The van der Waals surface area contributed by atoms with Crippen LogP contribution in [0.3, 0.4) is 0 Å². The normalized spacial score (nSPS) is 31.9. The number of Topliss-reactive ketones (excluding diaryl/α,β-unsaturated/α-hetero) is 1. The Labute approximate surface area is 93.4 Å². The first-order valence-corrected chi connectivity index (χ1v) is 6.11. The molecule has 0 N–H and O–H groups in total. The summed E-state index contributed by atoms with van der Waals surface area (Å²) in [5, 5.41) is 0. The van der Waals surface area contributed by atoms with E-state index in [4.69, 9.17) is 4.74 Å². The maximum Gasteiger partial charge on any atom is 0.155 e. The number of ketones is 1. The lowest BCUT2D eigenvalue weighted by molar-refractivity contribution is -0.127. The van der Waals surface area contributed by atoms with Gasteiger partial charge in [0.2, 0.25) is 0 Å². The summed E-state index contributed by atoms with van der Waals surface area (Å²) < 4.78 is 5.74. The second kappa shape index (κ2) is 5.64. The zero-order chi connectivity index (χ0) is 11.4. The van der Waals surface area contributed by atoms with Crippen LogP contribution >= 0.6 is 0 Å². The third-order valence-corrected chi connectivity index (χ3v) is 3.46. The molecule has 1 rings (SSSR count). The minimum absolute atomic E-state index is 0.135. The number of carbonyl (C=O) groups is 1. The highest BCUT2D eigenvalue weighted by Crippen LogP contribution is 2.35. The first-order valence-electron chi connectivity index (χ1n) is 6.11. The molecule has 15 heavy (non-hydrogen) atoms. The highest BCUT2D eigenvalue weighted by Gasteiger charge is 2.31. The summed E-state index contributed by atoms with van der Waals surface area (Å²) >= 11 is 0. The Morgan fingerprint density at radius 1 is 1.40 bits per heavy atom. The molecule has 3 unspecified atom stereocenters. The Morgan fingerprint density at radius 3 is 2.60 bits per heavy atom. The second-order valence-corrected chi connectivity index (χ2v) is 5.38. The minimum atomic E-state index is 0.135. The fraction of sp³-hybridized carbons (Fsp3) is 0.923. The van der Waals surface area contributed by atoms with Crippen LogP contribution in [-0.4, -0.2) is 18.5 Å². The number of carbonyl (C=O) groups excluding carboxylic acids is 1. The van der Waals surface area contributed by atoms with Gasteiger partial charge in [0.05, 0.1) is 6.10 Å². The van der Waals surface area contributed by atoms with Crippen molar-refractivity contribution in [3.05, 3.63) is 0 Å². The predicted octanol–water partition coefficient (Wildman–Crippen LogP) is 3.05. The molecule has 0 heterocycles. The first kappa shape index (κ1) is 12.7. The number of hydrogen-bond acceptors (Lipinski definition) is 2. The largest absolute Gasteiger partial charge is 0.370 e. The molecule has 1 aliphatic carbocycles. The topological polar surface area (TPSA) is 26.3 Å². The van der Waals surface area contributed by atoms with Crippen LogP contribution < -0.4 is 0 Å². The molecule has 0 aromatic heterocycles. The third kappa shape index (κ3) is 3.94. The summed E-state index contributed by atoms with van der Waals surface area (Å²) in [6.45, 7) is 8.67. The monoisotopic (exact) mass is 212 g/mol. The molecule has 2 nitrogen and oxygen atoms in total. The molecule has 0 aromatic carbocycles. The fourth-order valence-electron chi connectivity index (χ4n) is 2.53. The highest BCUT2D eigenvalue weighted by atomic mass is 16.5. The molecule has 1 saturated carbocycles. The lowest BCUT2D eigenvalue weighted by Gasteiger charge is -2.36. The molecule has 0 aromatic rings. The van der Waals surface area contributed by atoms with Gasteiger partial charge in [0.25, 0.3) is 0 Å². The van der Waals surface area contributed by atoms with E-state index in [1.165, 1.54) is 12.8 Å². The van der Waals surface area contributed by atoms with Gasteiger partial charge >= 0.3 is 0 Å². The Balaban J connectivity index is 2.50. The van der Waals surface area contributed by atoms with Crippen molar-refractivity contribution in [2.45, 2.75) is 53.1 Å². The van der Waals surface area contributed by atoms with Crippen molar-refractivity contribution in [3.8, 4) is 0 Å². The molecular formula is C13H24O2. The van der Waals surface area contributed by atoms with E-state index in [0.29, 0.717) is 24.5 Å². The molecule has 0 radical (unpaired) electrons. The fourth-order valence-corrected chi connectivity index (χ4v) is 2.53. The smallest absolute Gasteiger partial charge is 0.155 e. The lowest BCUT2D eigenvalue weighted by atomic mass is 9.75. The van der Waals surface area contributed by atoms with E-state index in [1.54, 1.807) is 6.92 Å². The van der Waals surface area contributed by atoms with Crippen molar-refractivity contribution in [2.24, 2.45) is 17.8 Å². The predicted molar refractivity (Wildman–Crippen MR) is 61.8 cm³/mol. The van der Waals surface area contributed by atoms with Gasteiger partial charge in [-0.3, -0.25) is 4.79 Å². The second-order valence-electron chi connectivity index (χ2n) is 5.38. The van der Waals surface area contributed by atoms with Crippen molar-refractivity contribution in [2.75, 3.05) is 6.61 Å². The summed E-state index contributed by atoms with van der Waals surface area (Å²) in [4.78, 5) is 10.9. The first-order chi connectivity index (χ1) is 7.00.